The number of Topliss-reactive ketones (excluding diaryl/α,β-unsaturated/α-hetero) is 1. The summed E-state index contributed by atoms with van der Waals surface area (Å²) in [4.78, 5) is 25.6. The van der Waals surface area contributed by atoms with E-state index in [0.29, 0.717) is 42.2 Å². The molecule has 2 aromatic carbocycles. The summed E-state index contributed by atoms with van der Waals surface area (Å²) >= 11 is 0. The van der Waals surface area contributed by atoms with E-state index < -0.39 is 0 Å². The van der Waals surface area contributed by atoms with Crippen molar-refractivity contribution in [2.45, 2.75) is 38.0 Å². The van der Waals surface area contributed by atoms with Crippen LogP contribution in [0.5, 0.6) is 17.2 Å². The van der Waals surface area contributed by atoms with Crippen LogP contribution in [0, 0.1) is 0 Å². The highest BCUT2D eigenvalue weighted by Gasteiger charge is 2.38. The Bertz CT molecular complexity index is 1030. The van der Waals surface area contributed by atoms with E-state index in [1.165, 1.54) is 0 Å². The standard InChI is InChI=1S/C24H25NO5/c1-3-30-21-8-7-14(12-22(21)29-2)16-10-19-24(20(27)11-16)18(13-23(28)25-19)15-5-4-6-17(26)9-15/h4-9,12,16,18,26H,3,10-11,13H2,1-2H3,(H,25,28). The number of ketones is 1. The fraction of sp³-hybridized carbons (Fsp3) is 0.333. The average molecular weight is 407 g/mol. The van der Waals surface area contributed by atoms with Crippen molar-refractivity contribution in [1.82, 2.24) is 5.32 Å². The smallest absolute Gasteiger partial charge is 0.225 e. The van der Waals surface area contributed by atoms with Crippen LogP contribution in [0.15, 0.2) is 53.7 Å². The van der Waals surface area contributed by atoms with Gasteiger partial charge in [0.15, 0.2) is 17.3 Å². The molecule has 6 nitrogen and oxygen atoms in total. The molecule has 1 aliphatic heterocycles. The van der Waals surface area contributed by atoms with Gasteiger partial charge in [0.05, 0.1) is 13.7 Å². The first-order chi connectivity index (χ1) is 14.5. The van der Waals surface area contributed by atoms with Gasteiger partial charge in [0.1, 0.15) is 5.75 Å². The van der Waals surface area contributed by atoms with Gasteiger partial charge >= 0.3 is 0 Å². The molecule has 2 atom stereocenters. The van der Waals surface area contributed by atoms with Crippen molar-refractivity contribution in [3.8, 4) is 17.2 Å². The van der Waals surface area contributed by atoms with Gasteiger partial charge in [-0.1, -0.05) is 18.2 Å². The summed E-state index contributed by atoms with van der Waals surface area (Å²) in [6, 6.07) is 12.5. The highest BCUT2D eigenvalue weighted by molar-refractivity contribution is 6.02. The van der Waals surface area contributed by atoms with E-state index in [9.17, 15) is 14.7 Å². The predicted octanol–water partition coefficient (Wildman–Crippen LogP) is 3.80. The first-order valence-corrected chi connectivity index (χ1v) is 10.2. The SMILES string of the molecule is CCOc1ccc(C2CC(=O)C3=C(C2)NC(=O)CC3c2cccc(O)c2)cc1OC. The molecular formula is C24H25NO5. The van der Waals surface area contributed by atoms with Crippen LogP contribution < -0.4 is 14.8 Å². The van der Waals surface area contributed by atoms with Gasteiger partial charge in [-0.25, -0.2) is 0 Å². The minimum atomic E-state index is -0.329. The lowest BCUT2D eigenvalue weighted by atomic mass is 9.73. The third kappa shape index (κ3) is 3.77. The first-order valence-electron chi connectivity index (χ1n) is 10.2. The highest BCUT2D eigenvalue weighted by atomic mass is 16.5. The van der Waals surface area contributed by atoms with Crippen molar-refractivity contribution >= 4 is 11.7 Å². The summed E-state index contributed by atoms with van der Waals surface area (Å²) in [5, 5.41) is 12.8. The van der Waals surface area contributed by atoms with Gasteiger partial charge in [-0.2, -0.15) is 0 Å². The van der Waals surface area contributed by atoms with Gasteiger partial charge in [-0.3, -0.25) is 9.59 Å². The molecule has 156 valence electrons. The van der Waals surface area contributed by atoms with E-state index in [1.54, 1.807) is 25.3 Å². The average Bonchev–Trinajstić information content (AvgIpc) is 2.73. The Morgan fingerprint density at radius 1 is 1.03 bits per heavy atom. The minimum absolute atomic E-state index is 0.0300. The molecular weight excluding hydrogens is 382 g/mol. The fourth-order valence-corrected chi connectivity index (χ4v) is 4.43. The van der Waals surface area contributed by atoms with Gasteiger partial charge in [0, 0.05) is 30.0 Å². The monoisotopic (exact) mass is 407 g/mol. The normalized spacial score (nSPS) is 21.1. The van der Waals surface area contributed by atoms with Crippen LogP contribution in [-0.4, -0.2) is 30.5 Å². The molecule has 0 radical (unpaired) electrons. The number of hydrogen-bond donors (Lipinski definition) is 2. The summed E-state index contributed by atoms with van der Waals surface area (Å²) in [5.74, 6) is 0.964. The molecule has 30 heavy (non-hydrogen) atoms. The van der Waals surface area contributed by atoms with Crippen molar-refractivity contribution < 1.29 is 24.2 Å². The number of rotatable bonds is 5. The number of allylic oxidation sites excluding steroid dienone is 2. The zero-order valence-corrected chi connectivity index (χ0v) is 17.1. The number of carbonyl (C=O) groups is 2. The molecule has 2 unspecified atom stereocenters. The Kier molecular flexibility index (Phi) is 5.48. The zero-order chi connectivity index (χ0) is 21.3. The Balaban J connectivity index is 1.67. The van der Waals surface area contributed by atoms with Crippen molar-refractivity contribution in [3.63, 3.8) is 0 Å². The first kappa shape index (κ1) is 20.0. The topological polar surface area (TPSA) is 84.9 Å². The van der Waals surface area contributed by atoms with Crippen LogP contribution in [-0.2, 0) is 9.59 Å². The summed E-state index contributed by atoms with van der Waals surface area (Å²) in [7, 11) is 1.59. The number of ether oxygens (including phenoxy) is 2. The van der Waals surface area contributed by atoms with Crippen LogP contribution in [0.2, 0.25) is 0 Å². The van der Waals surface area contributed by atoms with Gasteiger partial charge in [-0.05, 0) is 54.7 Å². The maximum absolute atomic E-state index is 13.2. The molecule has 2 aliphatic rings. The van der Waals surface area contributed by atoms with Crippen LogP contribution in [0.4, 0.5) is 0 Å². The second-order valence-electron chi connectivity index (χ2n) is 7.66. The van der Waals surface area contributed by atoms with Crippen LogP contribution >= 0.6 is 0 Å². The maximum atomic E-state index is 13.2. The molecule has 6 heteroatoms. The lowest BCUT2D eigenvalue weighted by molar-refractivity contribution is -0.122. The summed E-state index contributed by atoms with van der Waals surface area (Å²) < 4.78 is 11.0. The largest absolute Gasteiger partial charge is 0.508 e. The molecule has 0 bridgehead atoms. The van der Waals surface area contributed by atoms with Gasteiger partial charge in [0.25, 0.3) is 0 Å². The molecule has 0 spiro atoms. The van der Waals surface area contributed by atoms with Crippen molar-refractivity contribution in [2.75, 3.05) is 13.7 Å². The van der Waals surface area contributed by atoms with E-state index in [1.807, 2.05) is 31.2 Å². The molecule has 0 saturated carbocycles. The third-order valence-corrected chi connectivity index (χ3v) is 5.77. The number of phenols is 1. The molecule has 1 heterocycles. The maximum Gasteiger partial charge on any atom is 0.225 e. The number of amides is 1. The molecule has 2 aromatic rings. The second-order valence-corrected chi connectivity index (χ2v) is 7.66. The minimum Gasteiger partial charge on any atom is -0.508 e. The molecule has 1 amide bonds. The number of methoxy groups -OCH3 is 1. The number of carbonyl (C=O) groups excluding carboxylic acids is 2. The highest BCUT2D eigenvalue weighted by Crippen LogP contribution is 2.44. The Morgan fingerprint density at radius 3 is 2.60 bits per heavy atom. The molecule has 2 N–H and O–H groups in total. The summed E-state index contributed by atoms with van der Waals surface area (Å²) in [5.41, 5.74) is 3.11. The summed E-state index contributed by atoms with van der Waals surface area (Å²) in [6.07, 6.45) is 1.13. The van der Waals surface area contributed by atoms with Crippen LogP contribution in [0.25, 0.3) is 0 Å². The number of nitrogens with one attached hydrogen (secondary N) is 1. The number of hydrogen-bond acceptors (Lipinski definition) is 5. The predicted molar refractivity (Wildman–Crippen MR) is 112 cm³/mol. The van der Waals surface area contributed by atoms with Crippen molar-refractivity contribution in [2.24, 2.45) is 0 Å². The lowest BCUT2D eigenvalue weighted by Gasteiger charge is -2.34. The van der Waals surface area contributed by atoms with Gasteiger partial charge < -0.3 is 19.9 Å². The van der Waals surface area contributed by atoms with Gasteiger partial charge in [0.2, 0.25) is 5.91 Å². The van der Waals surface area contributed by atoms with Crippen LogP contribution in [0.3, 0.4) is 0 Å². The lowest BCUT2D eigenvalue weighted by Crippen LogP contribution is -2.38. The van der Waals surface area contributed by atoms with E-state index in [4.69, 9.17) is 9.47 Å². The Morgan fingerprint density at radius 2 is 1.87 bits per heavy atom. The van der Waals surface area contributed by atoms with Crippen molar-refractivity contribution in [1.29, 1.82) is 0 Å². The Labute approximate surface area is 175 Å². The molecule has 4 rings (SSSR count). The quantitative estimate of drug-likeness (QED) is 0.787. The molecule has 0 aromatic heterocycles. The number of aromatic hydroxyl groups is 1. The van der Waals surface area contributed by atoms with Gasteiger partial charge in [-0.15, -0.1) is 0 Å². The Hall–Kier alpha value is -3.28. The summed E-state index contributed by atoms with van der Waals surface area (Å²) in [6.45, 7) is 2.45. The van der Waals surface area contributed by atoms with E-state index in [2.05, 4.69) is 5.32 Å². The number of benzene rings is 2. The zero-order valence-electron chi connectivity index (χ0n) is 17.1. The van der Waals surface area contributed by atoms with E-state index >= 15 is 0 Å². The fourth-order valence-electron chi connectivity index (χ4n) is 4.43. The van der Waals surface area contributed by atoms with E-state index in [0.717, 1.165) is 11.1 Å². The number of phenolic OH excluding ortho intramolecular Hbond substituents is 1. The van der Waals surface area contributed by atoms with Crippen LogP contribution in [0.1, 0.15) is 49.1 Å². The molecule has 1 aliphatic carbocycles. The van der Waals surface area contributed by atoms with E-state index in [-0.39, 0.29) is 35.7 Å². The van der Waals surface area contributed by atoms with Crippen molar-refractivity contribution in [3.05, 3.63) is 64.9 Å². The second kappa shape index (κ2) is 8.22. The molecule has 0 saturated heterocycles. The third-order valence-electron chi connectivity index (χ3n) is 5.77. The molecule has 0 fully saturated rings.